The first-order chi connectivity index (χ1) is 17.2. The molecule has 7 heteroatoms. The Bertz CT molecular complexity index is 1400. The predicted octanol–water partition coefficient (Wildman–Crippen LogP) is 5.92. The third-order valence-electron chi connectivity index (χ3n) is 6.38. The van der Waals surface area contributed by atoms with E-state index in [-0.39, 0.29) is 24.1 Å². The summed E-state index contributed by atoms with van der Waals surface area (Å²) < 4.78 is 7.42. The molecular weight excluding hydrogens is 440 g/mol. The summed E-state index contributed by atoms with van der Waals surface area (Å²) in [6, 6.07) is 17.3. The molecule has 1 aliphatic carbocycles. The molecule has 1 fully saturated rings. The van der Waals surface area contributed by atoms with Gasteiger partial charge < -0.3 is 14.6 Å². The van der Waals surface area contributed by atoms with Crippen molar-refractivity contribution in [2.75, 3.05) is 11.9 Å². The molecule has 2 aromatic carbocycles. The van der Waals surface area contributed by atoms with Crippen LogP contribution in [-0.2, 0) is 9.53 Å². The van der Waals surface area contributed by atoms with E-state index in [1.165, 1.54) is 12.5 Å². The van der Waals surface area contributed by atoms with E-state index in [0.717, 1.165) is 36.8 Å². The van der Waals surface area contributed by atoms with Gasteiger partial charge in [0.1, 0.15) is 16.9 Å². The Balaban J connectivity index is 1.67. The first kappa shape index (κ1) is 22.8. The van der Waals surface area contributed by atoms with E-state index in [1.807, 2.05) is 59.2 Å². The summed E-state index contributed by atoms with van der Waals surface area (Å²) >= 11 is 0. The van der Waals surface area contributed by atoms with Gasteiger partial charge in [-0.15, -0.1) is 0 Å². The molecule has 1 aliphatic rings. The van der Waals surface area contributed by atoms with Crippen LogP contribution in [0.3, 0.4) is 0 Å². The van der Waals surface area contributed by atoms with Crippen LogP contribution < -0.4 is 5.32 Å². The standard InChI is InChI=1S/C28H28N4O3/c1-2-35-28(34)24-25-27(30-22-16-10-9-15-21(22)29-25)32(20-13-7-4-8-14-20)26(24)31-23(33)18-17-19-11-5-3-6-12-19/h3,5-6,9-12,15-18,20H,2,4,7-8,13-14H2,1H3,(H,31,33). The summed E-state index contributed by atoms with van der Waals surface area (Å²) in [4.78, 5) is 36.0. The SMILES string of the molecule is CCOC(=O)c1c(NC(=O)C=Cc2ccccc2)n(C2CCCCC2)c2nc3ccccc3nc12. The number of para-hydroxylation sites is 2. The van der Waals surface area contributed by atoms with Gasteiger partial charge in [-0.05, 0) is 43.5 Å². The van der Waals surface area contributed by atoms with Crippen LogP contribution in [0.1, 0.15) is 61.0 Å². The average Bonchev–Trinajstić information content (AvgIpc) is 3.19. The number of carbonyl (C=O) groups excluding carboxylic acids is 2. The summed E-state index contributed by atoms with van der Waals surface area (Å²) in [5.74, 6) is -0.439. The Kier molecular flexibility index (Phi) is 6.57. The van der Waals surface area contributed by atoms with Crippen LogP contribution in [0.15, 0.2) is 60.7 Å². The van der Waals surface area contributed by atoms with E-state index in [0.29, 0.717) is 22.5 Å². The van der Waals surface area contributed by atoms with Crippen molar-refractivity contribution in [1.29, 1.82) is 0 Å². The Morgan fingerprint density at radius 1 is 1.00 bits per heavy atom. The summed E-state index contributed by atoms with van der Waals surface area (Å²) in [6.07, 6.45) is 8.47. The second kappa shape index (κ2) is 10.1. The normalized spacial score (nSPS) is 14.5. The van der Waals surface area contributed by atoms with Gasteiger partial charge in [0, 0.05) is 12.1 Å². The van der Waals surface area contributed by atoms with Gasteiger partial charge in [0.2, 0.25) is 5.91 Å². The maximum Gasteiger partial charge on any atom is 0.344 e. The quantitative estimate of drug-likeness (QED) is 0.280. The lowest BCUT2D eigenvalue weighted by Crippen LogP contribution is -2.20. The lowest BCUT2D eigenvalue weighted by atomic mass is 9.95. The highest BCUT2D eigenvalue weighted by atomic mass is 16.5. The number of ether oxygens (including phenoxy) is 1. The number of fused-ring (bicyclic) bond motifs is 2. The molecule has 1 N–H and O–H groups in total. The molecule has 2 aromatic heterocycles. The fraction of sp³-hybridized carbons (Fsp3) is 0.286. The van der Waals surface area contributed by atoms with E-state index in [4.69, 9.17) is 14.7 Å². The molecule has 0 unspecified atom stereocenters. The highest BCUT2D eigenvalue weighted by Gasteiger charge is 2.31. The Morgan fingerprint density at radius 3 is 2.40 bits per heavy atom. The zero-order chi connectivity index (χ0) is 24.2. The third kappa shape index (κ3) is 4.67. The van der Waals surface area contributed by atoms with Crippen molar-refractivity contribution in [2.45, 2.75) is 45.1 Å². The van der Waals surface area contributed by atoms with E-state index in [1.54, 1.807) is 13.0 Å². The Labute approximate surface area is 203 Å². The number of amides is 1. The minimum absolute atomic E-state index is 0.110. The number of nitrogens with one attached hydrogen (secondary N) is 1. The second-order valence-corrected chi connectivity index (χ2v) is 8.72. The largest absolute Gasteiger partial charge is 0.462 e. The predicted molar refractivity (Wildman–Crippen MR) is 137 cm³/mol. The number of esters is 1. The van der Waals surface area contributed by atoms with Crippen molar-refractivity contribution in [3.63, 3.8) is 0 Å². The minimum Gasteiger partial charge on any atom is -0.462 e. The molecular formula is C28H28N4O3. The molecule has 0 atom stereocenters. The van der Waals surface area contributed by atoms with Crippen LogP contribution >= 0.6 is 0 Å². The molecule has 7 nitrogen and oxygen atoms in total. The molecule has 4 aromatic rings. The monoisotopic (exact) mass is 468 g/mol. The van der Waals surface area contributed by atoms with E-state index in [2.05, 4.69) is 5.32 Å². The van der Waals surface area contributed by atoms with Gasteiger partial charge in [-0.3, -0.25) is 4.79 Å². The van der Waals surface area contributed by atoms with Gasteiger partial charge in [0.25, 0.3) is 0 Å². The van der Waals surface area contributed by atoms with Crippen LogP contribution in [0.2, 0.25) is 0 Å². The average molecular weight is 469 g/mol. The fourth-order valence-corrected chi connectivity index (χ4v) is 4.77. The zero-order valence-electron chi connectivity index (χ0n) is 19.7. The molecule has 5 rings (SSSR count). The molecule has 0 radical (unpaired) electrons. The van der Waals surface area contributed by atoms with Crippen molar-refractivity contribution in [3.05, 3.63) is 71.8 Å². The summed E-state index contributed by atoms with van der Waals surface area (Å²) in [6.45, 7) is 1.98. The molecule has 2 heterocycles. The molecule has 0 saturated heterocycles. The number of carbonyl (C=O) groups is 2. The summed E-state index contributed by atoms with van der Waals surface area (Å²) in [7, 11) is 0. The molecule has 178 valence electrons. The number of hydrogen-bond acceptors (Lipinski definition) is 5. The maximum absolute atomic E-state index is 13.2. The van der Waals surface area contributed by atoms with Gasteiger partial charge in [-0.2, -0.15) is 0 Å². The summed E-state index contributed by atoms with van der Waals surface area (Å²) in [5.41, 5.74) is 3.65. The molecule has 35 heavy (non-hydrogen) atoms. The number of nitrogens with zero attached hydrogens (tertiary/aromatic N) is 3. The number of anilines is 1. The molecule has 0 bridgehead atoms. The molecule has 0 spiro atoms. The van der Waals surface area contributed by atoms with Crippen molar-refractivity contribution < 1.29 is 14.3 Å². The maximum atomic E-state index is 13.2. The molecule has 1 saturated carbocycles. The minimum atomic E-state index is -0.515. The third-order valence-corrected chi connectivity index (χ3v) is 6.38. The van der Waals surface area contributed by atoms with Crippen molar-refractivity contribution in [3.8, 4) is 0 Å². The van der Waals surface area contributed by atoms with Gasteiger partial charge in [-0.25, -0.2) is 14.8 Å². The highest BCUT2D eigenvalue weighted by molar-refractivity contribution is 6.13. The van der Waals surface area contributed by atoms with Crippen LogP contribution in [0.25, 0.3) is 28.3 Å². The van der Waals surface area contributed by atoms with Crippen LogP contribution in [0.5, 0.6) is 0 Å². The Morgan fingerprint density at radius 2 is 1.69 bits per heavy atom. The lowest BCUT2D eigenvalue weighted by Gasteiger charge is -2.26. The fourth-order valence-electron chi connectivity index (χ4n) is 4.77. The van der Waals surface area contributed by atoms with Crippen LogP contribution in [-0.4, -0.2) is 33.0 Å². The number of rotatable bonds is 6. The van der Waals surface area contributed by atoms with Crippen LogP contribution in [0.4, 0.5) is 5.82 Å². The van der Waals surface area contributed by atoms with Gasteiger partial charge >= 0.3 is 5.97 Å². The van der Waals surface area contributed by atoms with Gasteiger partial charge in [-0.1, -0.05) is 61.7 Å². The zero-order valence-corrected chi connectivity index (χ0v) is 19.7. The van der Waals surface area contributed by atoms with E-state index in [9.17, 15) is 9.59 Å². The molecule has 1 amide bonds. The first-order valence-electron chi connectivity index (χ1n) is 12.2. The summed E-state index contributed by atoms with van der Waals surface area (Å²) in [5, 5.41) is 2.99. The van der Waals surface area contributed by atoms with E-state index >= 15 is 0 Å². The van der Waals surface area contributed by atoms with Crippen LogP contribution in [0, 0.1) is 0 Å². The first-order valence-corrected chi connectivity index (χ1v) is 12.2. The van der Waals surface area contributed by atoms with Gasteiger partial charge in [0.05, 0.1) is 17.6 Å². The van der Waals surface area contributed by atoms with Gasteiger partial charge in [0.15, 0.2) is 5.65 Å². The smallest absolute Gasteiger partial charge is 0.344 e. The lowest BCUT2D eigenvalue weighted by molar-refractivity contribution is -0.111. The van der Waals surface area contributed by atoms with E-state index < -0.39 is 5.97 Å². The topological polar surface area (TPSA) is 86.1 Å². The number of benzene rings is 2. The molecule has 0 aliphatic heterocycles. The second-order valence-electron chi connectivity index (χ2n) is 8.72. The van der Waals surface area contributed by atoms with Crippen molar-refractivity contribution >= 4 is 46.0 Å². The number of aromatic nitrogens is 3. The van der Waals surface area contributed by atoms with Crippen molar-refractivity contribution in [1.82, 2.24) is 14.5 Å². The number of hydrogen-bond donors (Lipinski definition) is 1. The Hall–Kier alpha value is -4.00. The van der Waals surface area contributed by atoms with Crippen molar-refractivity contribution in [2.24, 2.45) is 0 Å². The highest BCUT2D eigenvalue weighted by Crippen LogP contribution is 2.38.